The van der Waals surface area contributed by atoms with Crippen LogP contribution >= 0.6 is 0 Å². The maximum atomic E-state index is 13.6. The van der Waals surface area contributed by atoms with Gasteiger partial charge in [0.2, 0.25) is 0 Å². The summed E-state index contributed by atoms with van der Waals surface area (Å²) in [4.78, 5) is 44.3. The largest absolute Gasteiger partial charge is 0.366 e. The van der Waals surface area contributed by atoms with Gasteiger partial charge in [-0.25, -0.2) is 18.7 Å². The predicted molar refractivity (Wildman–Crippen MR) is 183 cm³/mol. The Bertz CT molecular complexity index is 1940. The molecule has 2 aromatic heterocycles. The molecule has 0 atom stereocenters. The van der Waals surface area contributed by atoms with E-state index in [0.717, 1.165) is 57.9 Å². The van der Waals surface area contributed by atoms with Crippen LogP contribution in [0.2, 0.25) is 0 Å². The van der Waals surface area contributed by atoms with Gasteiger partial charge in [-0.1, -0.05) is 17.9 Å². The number of aromatic nitrogens is 4. The molecule has 2 aliphatic carbocycles. The smallest absolute Gasteiger partial charge is 0.266 e. The van der Waals surface area contributed by atoms with Gasteiger partial charge in [-0.15, -0.1) is 0 Å². The van der Waals surface area contributed by atoms with Gasteiger partial charge in [0.25, 0.3) is 11.5 Å². The van der Waals surface area contributed by atoms with E-state index in [2.05, 4.69) is 42.2 Å². The molecule has 3 heterocycles. The molecule has 0 bridgehead atoms. The number of carbonyl (C=O) groups excluding carboxylic acids is 1. The highest BCUT2D eigenvalue weighted by Crippen LogP contribution is 2.31. The van der Waals surface area contributed by atoms with E-state index in [-0.39, 0.29) is 18.7 Å². The number of halogens is 2. The van der Waals surface area contributed by atoms with Crippen LogP contribution in [0.5, 0.6) is 0 Å². The van der Waals surface area contributed by atoms with E-state index < -0.39 is 23.1 Å². The Morgan fingerprint density at radius 1 is 0.918 bits per heavy atom. The standard InChI is InChI=1S/C37H40F2N8O2/c38-31-11-5-27(18-32(31)39)23-47-24-40-20-30(37(47)49)36(48)41-13-1-2-25-6-12-33-34(19-25)44-35(21-42-33)43-28-7-9-29(10-8-28)46-16-14-45(15-17-46)22-26-3-4-26/h5-6,11-12,18-21,24,26,28-29H,3-4,7-10,13-17,22-23H2,(H,41,48)(H,43,44)/t28-,29-. The Balaban J connectivity index is 0.901. The molecule has 1 aliphatic heterocycles. The zero-order chi connectivity index (χ0) is 33.7. The van der Waals surface area contributed by atoms with Gasteiger partial charge in [-0.3, -0.25) is 24.0 Å². The molecule has 2 N–H and O–H groups in total. The lowest BCUT2D eigenvalue weighted by Gasteiger charge is -2.42. The van der Waals surface area contributed by atoms with E-state index in [1.54, 1.807) is 6.20 Å². The number of rotatable bonds is 9. The first-order chi connectivity index (χ1) is 23.9. The van der Waals surface area contributed by atoms with E-state index in [0.29, 0.717) is 17.6 Å². The van der Waals surface area contributed by atoms with Crippen LogP contribution in [-0.2, 0) is 6.54 Å². The van der Waals surface area contributed by atoms with Gasteiger partial charge in [-0.2, -0.15) is 0 Å². The third-order valence-corrected chi connectivity index (χ3v) is 9.78. The summed E-state index contributed by atoms with van der Waals surface area (Å²) in [5.74, 6) is 5.05. The molecule has 0 radical (unpaired) electrons. The Labute approximate surface area is 284 Å². The molecule has 0 unspecified atom stereocenters. The molecule has 3 fully saturated rings. The van der Waals surface area contributed by atoms with E-state index >= 15 is 0 Å². The summed E-state index contributed by atoms with van der Waals surface area (Å²) in [5.41, 5.74) is 1.80. The zero-order valence-corrected chi connectivity index (χ0v) is 27.4. The van der Waals surface area contributed by atoms with Gasteiger partial charge in [0.1, 0.15) is 11.4 Å². The fourth-order valence-electron chi connectivity index (χ4n) is 6.85. The SMILES string of the molecule is O=C(NCC#Cc1ccc2ncc(N[C@H]3CC[C@H](N4CCN(CC5CC5)CC4)CC3)nc2c1)c1cncn(Cc2ccc(F)c(F)c2)c1=O. The van der Waals surface area contributed by atoms with Crippen molar-refractivity contribution in [2.24, 2.45) is 5.92 Å². The summed E-state index contributed by atoms with van der Waals surface area (Å²) < 4.78 is 28.0. The van der Waals surface area contributed by atoms with Gasteiger partial charge in [0.15, 0.2) is 11.6 Å². The topological polar surface area (TPSA) is 108 Å². The van der Waals surface area contributed by atoms with Crippen LogP contribution in [0, 0.1) is 29.4 Å². The molecule has 49 heavy (non-hydrogen) atoms. The van der Waals surface area contributed by atoms with Crippen molar-refractivity contribution in [2.45, 2.75) is 57.2 Å². The van der Waals surface area contributed by atoms with E-state index in [1.165, 1.54) is 77.0 Å². The first-order valence-electron chi connectivity index (χ1n) is 17.1. The highest BCUT2D eigenvalue weighted by Gasteiger charge is 2.30. The second-order valence-corrected chi connectivity index (χ2v) is 13.4. The quantitative estimate of drug-likeness (QED) is 0.258. The molecule has 12 heteroatoms. The Kier molecular flexibility index (Phi) is 9.91. The van der Waals surface area contributed by atoms with Crippen molar-refractivity contribution in [2.75, 3.05) is 44.6 Å². The first kappa shape index (κ1) is 32.8. The predicted octanol–water partition coefficient (Wildman–Crippen LogP) is 4.05. The summed E-state index contributed by atoms with van der Waals surface area (Å²) >= 11 is 0. The lowest BCUT2D eigenvalue weighted by Crippen LogP contribution is -2.51. The average Bonchev–Trinajstić information content (AvgIpc) is 3.94. The van der Waals surface area contributed by atoms with Crippen LogP contribution in [0.15, 0.2) is 59.9 Å². The number of piperazine rings is 1. The summed E-state index contributed by atoms with van der Waals surface area (Å²) in [6, 6.07) is 10.0. The summed E-state index contributed by atoms with van der Waals surface area (Å²) in [6.07, 6.45) is 11.7. The van der Waals surface area contributed by atoms with Crippen molar-refractivity contribution in [3.8, 4) is 11.8 Å². The molecular formula is C37H40F2N8O2. The van der Waals surface area contributed by atoms with Crippen LogP contribution < -0.4 is 16.2 Å². The highest BCUT2D eigenvalue weighted by atomic mass is 19.2. The van der Waals surface area contributed by atoms with Gasteiger partial charge in [-0.05, 0) is 80.3 Å². The lowest BCUT2D eigenvalue weighted by molar-refractivity contribution is 0.0752. The Morgan fingerprint density at radius 2 is 1.73 bits per heavy atom. The van der Waals surface area contributed by atoms with Crippen molar-refractivity contribution in [3.05, 3.63) is 93.8 Å². The van der Waals surface area contributed by atoms with Crippen LogP contribution in [-0.4, -0.2) is 86.6 Å². The average molecular weight is 667 g/mol. The van der Waals surface area contributed by atoms with Gasteiger partial charge < -0.3 is 15.5 Å². The molecule has 2 aromatic carbocycles. The zero-order valence-electron chi connectivity index (χ0n) is 27.4. The molecule has 254 valence electrons. The Hall–Kier alpha value is -4.73. The van der Waals surface area contributed by atoms with Crippen molar-refractivity contribution < 1.29 is 13.6 Å². The number of hydrogen-bond donors (Lipinski definition) is 2. The number of nitrogens with zero attached hydrogens (tertiary/aromatic N) is 6. The van der Waals surface area contributed by atoms with Gasteiger partial charge in [0.05, 0.1) is 36.6 Å². The first-order valence-corrected chi connectivity index (χ1v) is 17.1. The highest BCUT2D eigenvalue weighted by molar-refractivity contribution is 5.93. The fraction of sp³-hybridized carbons (Fsp3) is 0.432. The van der Waals surface area contributed by atoms with Crippen LogP contribution in [0.3, 0.4) is 0 Å². The third kappa shape index (κ3) is 8.29. The van der Waals surface area contributed by atoms with Crippen LogP contribution in [0.25, 0.3) is 11.0 Å². The molecule has 0 spiro atoms. The van der Waals surface area contributed by atoms with E-state index in [1.807, 2.05) is 18.2 Å². The lowest BCUT2D eigenvalue weighted by atomic mass is 9.89. The molecule has 2 saturated carbocycles. The number of carbonyl (C=O) groups is 1. The second-order valence-electron chi connectivity index (χ2n) is 13.4. The molecule has 4 aromatic rings. The van der Waals surface area contributed by atoms with Crippen molar-refractivity contribution in [1.29, 1.82) is 0 Å². The maximum Gasteiger partial charge on any atom is 0.266 e. The maximum absolute atomic E-state index is 13.6. The normalized spacial score (nSPS) is 20.0. The third-order valence-electron chi connectivity index (χ3n) is 9.78. The number of nitrogens with one attached hydrogen (secondary N) is 2. The van der Waals surface area contributed by atoms with Gasteiger partial charge in [0, 0.05) is 56.6 Å². The number of hydrogen-bond acceptors (Lipinski definition) is 8. The van der Waals surface area contributed by atoms with E-state index in [9.17, 15) is 18.4 Å². The molecule has 7 rings (SSSR count). The molecular weight excluding hydrogens is 626 g/mol. The summed E-state index contributed by atoms with van der Waals surface area (Å²) in [7, 11) is 0. The van der Waals surface area contributed by atoms with E-state index in [4.69, 9.17) is 4.98 Å². The number of benzene rings is 2. The minimum Gasteiger partial charge on any atom is -0.366 e. The van der Waals surface area contributed by atoms with Gasteiger partial charge >= 0.3 is 0 Å². The number of amides is 1. The minimum atomic E-state index is -1.02. The minimum absolute atomic E-state index is 0.000472. The van der Waals surface area contributed by atoms with Crippen molar-refractivity contribution in [3.63, 3.8) is 0 Å². The van der Waals surface area contributed by atoms with Crippen molar-refractivity contribution >= 4 is 22.8 Å². The van der Waals surface area contributed by atoms with Crippen LogP contribution in [0.1, 0.15) is 60.0 Å². The molecule has 1 saturated heterocycles. The summed E-state index contributed by atoms with van der Waals surface area (Å²) in [5, 5.41) is 6.24. The number of anilines is 1. The van der Waals surface area contributed by atoms with Crippen molar-refractivity contribution in [1.82, 2.24) is 34.6 Å². The van der Waals surface area contributed by atoms with Crippen LogP contribution in [0.4, 0.5) is 14.6 Å². The molecule has 10 nitrogen and oxygen atoms in total. The fourth-order valence-corrected chi connectivity index (χ4v) is 6.85. The monoisotopic (exact) mass is 666 g/mol. The Morgan fingerprint density at radius 3 is 2.51 bits per heavy atom. The summed E-state index contributed by atoms with van der Waals surface area (Å²) in [6.45, 7) is 6.04. The molecule has 1 amide bonds. The molecule has 3 aliphatic rings. The second kappa shape index (κ2) is 14.8. The number of fused-ring (bicyclic) bond motifs is 1.